The van der Waals surface area contributed by atoms with Gasteiger partial charge in [0.05, 0.1) is 11.7 Å². The minimum absolute atomic E-state index is 0.0685. The van der Waals surface area contributed by atoms with E-state index < -0.39 is 17.7 Å². The highest BCUT2D eigenvalue weighted by molar-refractivity contribution is 6.21. The first-order chi connectivity index (χ1) is 12.7. The van der Waals surface area contributed by atoms with Crippen molar-refractivity contribution in [2.45, 2.75) is 89.2 Å². The van der Waals surface area contributed by atoms with Crippen molar-refractivity contribution in [3.05, 3.63) is 24.3 Å². The fraction of sp³-hybridized carbons (Fsp3) is 0.773. The summed E-state index contributed by atoms with van der Waals surface area (Å²) < 4.78 is 0. The fourth-order valence-electron chi connectivity index (χ4n) is 3.68. The molecule has 0 amide bonds. The summed E-state index contributed by atoms with van der Waals surface area (Å²) in [4.78, 5) is 10.5. The molecule has 0 aromatic heterocycles. The Morgan fingerprint density at radius 2 is 2.04 bits per heavy atom. The lowest BCUT2D eigenvalue weighted by Gasteiger charge is -2.28. The van der Waals surface area contributed by atoms with Gasteiger partial charge in [-0.05, 0) is 50.9 Å². The van der Waals surface area contributed by atoms with Crippen LogP contribution in [0.1, 0.15) is 72.1 Å². The molecule has 1 rings (SSSR count). The quantitative estimate of drug-likeness (QED) is 0.246. The summed E-state index contributed by atoms with van der Waals surface area (Å²) in [6.07, 6.45) is 13.4. The van der Waals surface area contributed by atoms with Crippen molar-refractivity contribution < 1.29 is 20.1 Å². The van der Waals surface area contributed by atoms with E-state index in [1.54, 1.807) is 0 Å². The van der Waals surface area contributed by atoms with Crippen molar-refractivity contribution in [3.8, 4) is 0 Å². The number of carboxylic acid groups (broad SMARTS) is 1. The number of alkyl halides is 1. The van der Waals surface area contributed by atoms with Crippen LogP contribution in [0.4, 0.5) is 0 Å². The Kier molecular flexibility index (Phi) is 10.6. The second-order valence-corrected chi connectivity index (χ2v) is 8.74. The van der Waals surface area contributed by atoms with E-state index in [9.17, 15) is 15.0 Å². The number of hydrogen-bond donors (Lipinski definition) is 3. The Bertz CT molecular complexity index is 501. The Morgan fingerprint density at radius 1 is 1.33 bits per heavy atom. The Labute approximate surface area is 169 Å². The first-order valence-corrected chi connectivity index (χ1v) is 10.7. The second kappa shape index (κ2) is 11.9. The smallest absolute Gasteiger partial charge is 0.303 e. The lowest BCUT2D eigenvalue weighted by atomic mass is 9.84. The van der Waals surface area contributed by atoms with E-state index in [2.05, 4.69) is 13.8 Å². The van der Waals surface area contributed by atoms with Gasteiger partial charge in [-0.3, -0.25) is 4.79 Å². The molecule has 0 aromatic carbocycles. The number of aliphatic hydroxyl groups excluding tert-OH is 1. The summed E-state index contributed by atoms with van der Waals surface area (Å²) in [5, 5.41) is 29.7. The van der Waals surface area contributed by atoms with E-state index in [1.807, 2.05) is 31.2 Å². The van der Waals surface area contributed by atoms with Crippen molar-refractivity contribution in [2.75, 3.05) is 0 Å². The number of rotatable bonds is 12. The molecule has 0 heterocycles. The summed E-state index contributed by atoms with van der Waals surface area (Å²) in [5.74, 6) is -0.559. The minimum atomic E-state index is -0.892. The maximum Gasteiger partial charge on any atom is 0.303 e. The topological polar surface area (TPSA) is 77.8 Å². The van der Waals surface area contributed by atoms with Gasteiger partial charge < -0.3 is 15.3 Å². The maximum absolute atomic E-state index is 10.8. The first kappa shape index (κ1) is 24.2. The van der Waals surface area contributed by atoms with Gasteiger partial charge in [0.1, 0.15) is 0 Å². The van der Waals surface area contributed by atoms with Crippen LogP contribution in [-0.4, -0.2) is 38.4 Å². The highest BCUT2D eigenvalue weighted by Crippen LogP contribution is 2.40. The van der Waals surface area contributed by atoms with E-state index >= 15 is 0 Å². The molecule has 1 unspecified atom stereocenters. The summed E-state index contributed by atoms with van der Waals surface area (Å²) in [6, 6.07) is 0. The van der Waals surface area contributed by atoms with E-state index in [0.29, 0.717) is 12.8 Å². The molecule has 0 saturated heterocycles. The van der Waals surface area contributed by atoms with Crippen LogP contribution >= 0.6 is 11.6 Å². The van der Waals surface area contributed by atoms with Crippen LogP contribution < -0.4 is 0 Å². The van der Waals surface area contributed by atoms with E-state index in [1.165, 1.54) is 0 Å². The van der Waals surface area contributed by atoms with Gasteiger partial charge in [0, 0.05) is 17.7 Å². The number of aliphatic hydroxyl groups is 2. The second-order valence-electron chi connectivity index (χ2n) is 8.18. The molecule has 0 bridgehead atoms. The van der Waals surface area contributed by atoms with Gasteiger partial charge in [-0.1, -0.05) is 51.0 Å². The van der Waals surface area contributed by atoms with E-state index in [4.69, 9.17) is 16.7 Å². The van der Waals surface area contributed by atoms with Gasteiger partial charge >= 0.3 is 5.97 Å². The number of allylic oxidation sites excluding steroid dienone is 2. The monoisotopic (exact) mass is 400 g/mol. The molecular formula is C22H37ClO4. The molecule has 156 valence electrons. The molecule has 1 aliphatic rings. The van der Waals surface area contributed by atoms with Gasteiger partial charge in [0.25, 0.3) is 0 Å². The van der Waals surface area contributed by atoms with Crippen LogP contribution in [0.2, 0.25) is 0 Å². The number of unbranched alkanes of at least 4 members (excludes halogenated alkanes) is 2. The van der Waals surface area contributed by atoms with E-state index in [-0.39, 0.29) is 29.6 Å². The summed E-state index contributed by atoms with van der Waals surface area (Å²) in [6.45, 7) is 6.04. The lowest BCUT2D eigenvalue weighted by molar-refractivity contribution is -0.137. The zero-order valence-electron chi connectivity index (χ0n) is 17.0. The number of aliphatic carboxylic acids is 1. The van der Waals surface area contributed by atoms with Gasteiger partial charge in [0.15, 0.2) is 0 Å². The average Bonchev–Trinajstić information content (AvgIpc) is 2.86. The van der Waals surface area contributed by atoms with E-state index in [0.717, 1.165) is 32.1 Å². The Morgan fingerprint density at radius 3 is 2.67 bits per heavy atom. The van der Waals surface area contributed by atoms with Gasteiger partial charge in [-0.2, -0.15) is 0 Å². The van der Waals surface area contributed by atoms with Crippen molar-refractivity contribution >= 4 is 17.6 Å². The third-order valence-electron chi connectivity index (χ3n) is 5.85. The highest BCUT2D eigenvalue weighted by atomic mass is 35.5. The maximum atomic E-state index is 10.8. The highest BCUT2D eigenvalue weighted by Gasteiger charge is 2.40. The van der Waals surface area contributed by atoms with Gasteiger partial charge in [0.2, 0.25) is 0 Å². The number of halogens is 1. The average molecular weight is 401 g/mol. The predicted octanol–water partition coefficient (Wildman–Crippen LogP) is 4.93. The molecule has 1 fully saturated rings. The van der Waals surface area contributed by atoms with Crippen LogP contribution in [-0.2, 0) is 4.79 Å². The molecule has 1 saturated carbocycles. The number of hydrogen-bond acceptors (Lipinski definition) is 3. The molecule has 0 spiro atoms. The summed E-state index contributed by atoms with van der Waals surface area (Å²) in [7, 11) is 0. The molecule has 6 atom stereocenters. The van der Waals surface area contributed by atoms with Gasteiger partial charge in [-0.15, -0.1) is 11.6 Å². The number of carbonyl (C=O) groups is 1. The molecule has 0 aliphatic heterocycles. The molecule has 27 heavy (non-hydrogen) atoms. The molecular weight excluding hydrogens is 364 g/mol. The van der Waals surface area contributed by atoms with Crippen molar-refractivity contribution in [1.82, 2.24) is 0 Å². The zero-order chi connectivity index (χ0) is 20.4. The molecule has 5 heteroatoms. The molecule has 0 aromatic rings. The summed E-state index contributed by atoms with van der Waals surface area (Å²) in [5.41, 5.74) is -0.892. The summed E-state index contributed by atoms with van der Waals surface area (Å²) >= 11 is 6.46. The minimum Gasteiger partial charge on any atom is -0.481 e. The SMILES string of the molecule is CCCCC(C)[C@@](C)(O)/C=C/[C@@H]1[C@@H](C/C=C\CCCC(=O)O)[C@H](Cl)C[C@H]1O. The Hall–Kier alpha value is -0.840. The molecule has 3 N–H and O–H groups in total. The van der Waals surface area contributed by atoms with Crippen LogP contribution in [0.5, 0.6) is 0 Å². The first-order valence-electron chi connectivity index (χ1n) is 10.3. The number of carboxylic acids is 1. The third-order valence-corrected chi connectivity index (χ3v) is 6.35. The molecule has 1 aliphatic carbocycles. The molecule has 0 radical (unpaired) electrons. The van der Waals surface area contributed by atoms with Gasteiger partial charge in [-0.25, -0.2) is 0 Å². The largest absolute Gasteiger partial charge is 0.481 e. The van der Waals surface area contributed by atoms with Crippen LogP contribution in [0.15, 0.2) is 24.3 Å². The fourth-order valence-corrected chi connectivity index (χ4v) is 4.13. The predicted molar refractivity (Wildman–Crippen MR) is 111 cm³/mol. The lowest BCUT2D eigenvalue weighted by Crippen LogP contribution is -2.31. The molecule has 4 nitrogen and oxygen atoms in total. The zero-order valence-corrected chi connectivity index (χ0v) is 17.7. The standard InChI is InChI=1S/C22H37ClO4/c1-4-5-10-16(2)22(3,27)14-13-18-17(19(23)15-20(18)24)11-8-6-7-9-12-21(25)26/h6,8,13-14,16-20,24,27H,4-5,7,9-12,15H2,1-3H3,(H,25,26)/b8-6-,14-13+/t16?,17-,18-,19-,20-,22+/m1/s1. The van der Waals surface area contributed by atoms with Crippen LogP contribution in [0.25, 0.3) is 0 Å². The van der Waals surface area contributed by atoms with Crippen molar-refractivity contribution in [3.63, 3.8) is 0 Å². The third kappa shape index (κ3) is 8.37. The van der Waals surface area contributed by atoms with Crippen molar-refractivity contribution in [2.24, 2.45) is 17.8 Å². The van der Waals surface area contributed by atoms with Crippen molar-refractivity contribution in [1.29, 1.82) is 0 Å². The van der Waals surface area contributed by atoms with Crippen LogP contribution in [0, 0.1) is 17.8 Å². The Balaban J connectivity index is 2.64. The van der Waals surface area contributed by atoms with Crippen LogP contribution in [0.3, 0.4) is 0 Å². The normalized spacial score (nSPS) is 29.4.